The van der Waals surface area contributed by atoms with Crippen molar-refractivity contribution >= 4 is 11.8 Å². The first-order valence-electron chi connectivity index (χ1n) is 10.2. The first-order chi connectivity index (χ1) is 12.4. The molecule has 1 heterocycles. The van der Waals surface area contributed by atoms with E-state index >= 15 is 0 Å². The second-order valence-corrected chi connectivity index (χ2v) is 9.47. The Morgan fingerprint density at radius 3 is 2.77 bits per heavy atom. The molecule has 4 heteroatoms. The summed E-state index contributed by atoms with van der Waals surface area (Å²) in [6.07, 6.45) is 12.2. The molecule has 26 heavy (non-hydrogen) atoms. The Morgan fingerprint density at radius 2 is 2.00 bits per heavy atom. The molecule has 4 nitrogen and oxygen atoms in total. The van der Waals surface area contributed by atoms with Crippen molar-refractivity contribution in [1.82, 2.24) is 0 Å². The lowest BCUT2D eigenvalue weighted by Gasteiger charge is -2.56. The van der Waals surface area contributed by atoms with Crippen LogP contribution >= 0.6 is 0 Å². The Bertz CT molecular complexity index is 718. The molecule has 0 bridgehead atoms. The highest BCUT2D eigenvalue weighted by Gasteiger charge is 2.59. The third kappa shape index (κ3) is 2.30. The number of rotatable bonds is 2. The maximum absolute atomic E-state index is 12.1. The molecule has 0 amide bonds. The number of carbonyl (C=O) groups excluding carboxylic acids is 2. The highest BCUT2D eigenvalue weighted by molar-refractivity contribution is 6.01. The first kappa shape index (κ1) is 16.7. The normalized spacial score (nSPS) is 48.9. The van der Waals surface area contributed by atoms with Gasteiger partial charge in [-0.2, -0.15) is 0 Å². The number of allylic oxidation sites excluding steroid dienone is 4. The topological polar surface area (TPSA) is 55.9 Å². The second kappa shape index (κ2) is 5.54. The average molecular weight is 356 g/mol. The van der Waals surface area contributed by atoms with E-state index in [0.717, 1.165) is 32.1 Å². The summed E-state index contributed by atoms with van der Waals surface area (Å²) < 4.78 is 11.0. The molecule has 5 rings (SSSR count). The van der Waals surface area contributed by atoms with Gasteiger partial charge in [0.2, 0.25) is 0 Å². The van der Waals surface area contributed by atoms with Crippen LogP contribution in [0.5, 0.6) is 0 Å². The molecule has 4 aliphatic carbocycles. The summed E-state index contributed by atoms with van der Waals surface area (Å²) in [4.78, 5) is 24.0. The molecule has 4 fully saturated rings. The van der Waals surface area contributed by atoms with Crippen molar-refractivity contribution in [2.45, 2.75) is 64.6 Å². The fraction of sp³-hybridized carbons (Fsp3) is 0.727. The van der Waals surface area contributed by atoms with Crippen LogP contribution in [-0.2, 0) is 19.1 Å². The molecule has 140 valence electrons. The molecule has 7 atom stereocenters. The van der Waals surface area contributed by atoms with Crippen molar-refractivity contribution in [3.63, 3.8) is 0 Å². The molecule has 0 radical (unpaired) electrons. The molecule has 3 saturated carbocycles. The van der Waals surface area contributed by atoms with Crippen molar-refractivity contribution in [3.05, 3.63) is 23.8 Å². The number of fused-ring (bicyclic) bond motifs is 5. The van der Waals surface area contributed by atoms with E-state index in [-0.39, 0.29) is 34.8 Å². The molecule has 0 spiro atoms. The van der Waals surface area contributed by atoms with Crippen molar-refractivity contribution in [1.29, 1.82) is 0 Å². The predicted molar refractivity (Wildman–Crippen MR) is 96.2 cm³/mol. The standard InChI is InChI=1S/C22H28O4/c1-21-9-7-14(23)11-13(21)3-4-15-16-5-6-19(26-20(24)18-12-25-18)22(16,2)10-8-17(15)21/h7,9,11,15-19H,3-6,8,10,12H2,1-2H3/t15-,16-,17-,18?,19+,21-,22-/m0/s1. The van der Waals surface area contributed by atoms with Gasteiger partial charge in [0.15, 0.2) is 11.9 Å². The van der Waals surface area contributed by atoms with Crippen LogP contribution in [0.3, 0.4) is 0 Å². The number of epoxide rings is 1. The second-order valence-electron chi connectivity index (χ2n) is 9.47. The summed E-state index contributed by atoms with van der Waals surface area (Å²) in [5.41, 5.74) is 1.47. The zero-order chi connectivity index (χ0) is 18.1. The van der Waals surface area contributed by atoms with Crippen LogP contribution in [0.15, 0.2) is 23.8 Å². The summed E-state index contributed by atoms with van der Waals surface area (Å²) in [5, 5.41) is 0. The van der Waals surface area contributed by atoms with E-state index in [9.17, 15) is 9.59 Å². The Kier molecular flexibility index (Phi) is 3.57. The number of hydrogen-bond donors (Lipinski definition) is 0. The molecule has 0 aromatic carbocycles. The fourth-order valence-corrected chi connectivity index (χ4v) is 6.74. The van der Waals surface area contributed by atoms with Gasteiger partial charge in [-0.05, 0) is 68.4 Å². The van der Waals surface area contributed by atoms with Gasteiger partial charge in [0.05, 0.1) is 6.61 Å². The van der Waals surface area contributed by atoms with Crippen LogP contribution in [0.25, 0.3) is 0 Å². The lowest BCUT2D eigenvalue weighted by Crippen LogP contribution is -2.51. The number of hydrogen-bond acceptors (Lipinski definition) is 4. The Balaban J connectivity index is 1.39. The quantitative estimate of drug-likeness (QED) is 0.560. The molecule has 0 aromatic heterocycles. The molecule has 0 N–H and O–H groups in total. The van der Waals surface area contributed by atoms with Crippen LogP contribution in [0, 0.1) is 28.6 Å². The zero-order valence-electron chi connectivity index (χ0n) is 15.7. The van der Waals surface area contributed by atoms with E-state index < -0.39 is 0 Å². The van der Waals surface area contributed by atoms with Gasteiger partial charge in [-0.15, -0.1) is 0 Å². The van der Waals surface area contributed by atoms with Gasteiger partial charge in [-0.1, -0.05) is 25.5 Å². The van der Waals surface area contributed by atoms with Crippen molar-refractivity contribution in [3.8, 4) is 0 Å². The molecule has 1 unspecified atom stereocenters. The Labute approximate surface area is 155 Å². The molecular formula is C22H28O4. The van der Waals surface area contributed by atoms with Gasteiger partial charge in [0.1, 0.15) is 6.10 Å². The third-order valence-electron chi connectivity index (χ3n) is 8.32. The van der Waals surface area contributed by atoms with E-state index in [1.807, 2.05) is 6.08 Å². The zero-order valence-corrected chi connectivity index (χ0v) is 15.7. The maximum Gasteiger partial charge on any atom is 0.337 e. The molecule has 5 aliphatic rings. The lowest BCUT2D eigenvalue weighted by atomic mass is 9.48. The van der Waals surface area contributed by atoms with Crippen LogP contribution in [-0.4, -0.2) is 30.6 Å². The van der Waals surface area contributed by atoms with Gasteiger partial charge >= 0.3 is 5.97 Å². The van der Waals surface area contributed by atoms with Crippen LogP contribution in [0.1, 0.15) is 52.4 Å². The van der Waals surface area contributed by atoms with E-state index in [2.05, 4.69) is 19.9 Å². The van der Waals surface area contributed by atoms with Gasteiger partial charge < -0.3 is 9.47 Å². The SMILES string of the molecule is C[C@]12CC[C@H]3[C@@H](CCC4=CC(=O)C=C[C@@]43C)[C@@H]1CC[C@H]2OC(=O)C1CO1. The minimum Gasteiger partial charge on any atom is -0.460 e. The molecule has 1 saturated heterocycles. The van der Waals surface area contributed by atoms with E-state index in [4.69, 9.17) is 9.47 Å². The number of ether oxygens (including phenoxy) is 2. The van der Waals surface area contributed by atoms with Crippen LogP contribution in [0.4, 0.5) is 0 Å². The number of carbonyl (C=O) groups is 2. The van der Waals surface area contributed by atoms with Crippen molar-refractivity contribution in [2.24, 2.45) is 28.6 Å². The molecule has 1 aliphatic heterocycles. The largest absolute Gasteiger partial charge is 0.460 e. The first-order valence-corrected chi connectivity index (χ1v) is 10.2. The van der Waals surface area contributed by atoms with Crippen LogP contribution in [0.2, 0.25) is 0 Å². The minimum atomic E-state index is -0.305. The Morgan fingerprint density at radius 1 is 1.19 bits per heavy atom. The van der Waals surface area contributed by atoms with Crippen molar-refractivity contribution < 1.29 is 19.1 Å². The monoisotopic (exact) mass is 356 g/mol. The Hall–Kier alpha value is -1.42. The summed E-state index contributed by atoms with van der Waals surface area (Å²) in [6.45, 7) is 5.20. The number of esters is 1. The minimum absolute atomic E-state index is 0.0365. The van der Waals surface area contributed by atoms with Gasteiger partial charge in [-0.3, -0.25) is 4.79 Å². The summed E-state index contributed by atoms with van der Waals surface area (Å²) in [7, 11) is 0. The average Bonchev–Trinajstić information content (AvgIpc) is 3.40. The molecule has 0 aromatic rings. The fourth-order valence-electron chi connectivity index (χ4n) is 6.74. The van der Waals surface area contributed by atoms with E-state index in [0.29, 0.717) is 24.4 Å². The third-order valence-corrected chi connectivity index (χ3v) is 8.32. The van der Waals surface area contributed by atoms with E-state index in [1.54, 1.807) is 6.08 Å². The summed E-state index contributed by atoms with van der Waals surface area (Å²) in [5.74, 6) is 1.87. The summed E-state index contributed by atoms with van der Waals surface area (Å²) in [6, 6.07) is 0. The van der Waals surface area contributed by atoms with Gasteiger partial charge in [-0.25, -0.2) is 4.79 Å². The van der Waals surface area contributed by atoms with Crippen molar-refractivity contribution in [2.75, 3.05) is 6.61 Å². The predicted octanol–water partition coefficient (Wildman–Crippen LogP) is 3.60. The van der Waals surface area contributed by atoms with Crippen LogP contribution < -0.4 is 0 Å². The highest BCUT2D eigenvalue weighted by atomic mass is 16.6. The summed E-state index contributed by atoms with van der Waals surface area (Å²) >= 11 is 0. The lowest BCUT2D eigenvalue weighted by molar-refractivity contribution is -0.160. The number of ketones is 1. The van der Waals surface area contributed by atoms with E-state index in [1.165, 1.54) is 12.0 Å². The molecular weight excluding hydrogens is 328 g/mol. The maximum atomic E-state index is 12.1. The van der Waals surface area contributed by atoms with Gasteiger partial charge in [0, 0.05) is 10.8 Å². The highest BCUT2D eigenvalue weighted by Crippen LogP contribution is 2.64. The smallest absolute Gasteiger partial charge is 0.337 e. The van der Waals surface area contributed by atoms with Gasteiger partial charge in [0.25, 0.3) is 0 Å².